The highest BCUT2D eigenvalue weighted by Crippen LogP contribution is 2.46. The van der Waals surface area contributed by atoms with Gasteiger partial charge in [-0.3, -0.25) is 9.59 Å². The quantitative estimate of drug-likeness (QED) is 0.790. The summed E-state index contributed by atoms with van der Waals surface area (Å²) in [5.41, 5.74) is 0.712. The Kier molecular flexibility index (Phi) is 4.81. The number of likely N-dealkylation sites (N-methyl/N-ethyl adjacent to an activating group) is 1. The van der Waals surface area contributed by atoms with Crippen LogP contribution in [0.5, 0.6) is 0 Å². The number of ether oxygens (including phenoxy) is 2. The van der Waals surface area contributed by atoms with Gasteiger partial charge < -0.3 is 19.3 Å². The highest BCUT2D eigenvalue weighted by molar-refractivity contribution is 7.14. The Labute approximate surface area is 164 Å². The predicted molar refractivity (Wildman–Crippen MR) is 103 cm³/mol. The number of carbonyl (C=O) groups excluding carboxylic acids is 2. The van der Waals surface area contributed by atoms with Crippen LogP contribution in [0.25, 0.3) is 0 Å². The smallest absolute Gasteiger partial charge is 0.264 e. The molecule has 1 aromatic rings. The average molecular weight is 393 g/mol. The first-order valence-corrected chi connectivity index (χ1v) is 10.5. The fraction of sp³-hybridized carbons (Fsp3) is 0.700. The van der Waals surface area contributed by atoms with E-state index in [4.69, 9.17) is 9.47 Å². The summed E-state index contributed by atoms with van der Waals surface area (Å²) in [4.78, 5) is 30.6. The van der Waals surface area contributed by atoms with E-state index < -0.39 is 0 Å². The van der Waals surface area contributed by atoms with Crippen LogP contribution in [-0.2, 0) is 26.3 Å². The SMILES string of the molecule is COCC1(N(C)C(=O)c2cc3c(s2)CCOC32CCN(C(C)=O)CC2)CC1. The average Bonchev–Trinajstić information content (AvgIpc) is 3.30. The summed E-state index contributed by atoms with van der Waals surface area (Å²) in [5, 5.41) is 0. The number of carbonyl (C=O) groups is 2. The summed E-state index contributed by atoms with van der Waals surface area (Å²) in [6, 6.07) is 2.06. The minimum atomic E-state index is -0.336. The van der Waals surface area contributed by atoms with Crippen molar-refractivity contribution in [1.29, 1.82) is 0 Å². The second-order valence-electron chi connectivity index (χ2n) is 8.07. The molecule has 2 fully saturated rings. The van der Waals surface area contributed by atoms with Crippen molar-refractivity contribution in [3.63, 3.8) is 0 Å². The van der Waals surface area contributed by atoms with Crippen molar-refractivity contribution in [2.75, 3.05) is 40.5 Å². The van der Waals surface area contributed by atoms with Crippen molar-refractivity contribution in [2.45, 2.75) is 50.2 Å². The van der Waals surface area contributed by atoms with Gasteiger partial charge in [-0.25, -0.2) is 0 Å². The first kappa shape index (κ1) is 18.9. The van der Waals surface area contributed by atoms with Gasteiger partial charge in [0.15, 0.2) is 0 Å². The number of fused-ring (bicyclic) bond motifs is 2. The van der Waals surface area contributed by atoms with Gasteiger partial charge >= 0.3 is 0 Å². The van der Waals surface area contributed by atoms with Crippen LogP contribution in [0, 0.1) is 0 Å². The molecule has 1 saturated carbocycles. The molecule has 1 spiro atoms. The molecule has 2 aliphatic heterocycles. The van der Waals surface area contributed by atoms with Gasteiger partial charge in [0.2, 0.25) is 5.91 Å². The minimum absolute atomic E-state index is 0.0836. The van der Waals surface area contributed by atoms with Gasteiger partial charge in [0.1, 0.15) is 0 Å². The van der Waals surface area contributed by atoms with Crippen LogP contribution in [0.3, 0.4) is 0 Å². The molecule has 7 heteroatoms. The second kappa shape index (κ2) is 6.87. The molecule has 3 aliphatic rings. The lowest BCUT2D eigenvalue weighted by molar-refractivity contribution is -0.138. The molecule has 0 N–H and O–H groups in total. The molecule has 0 radical (unpaired) electrons. The monoisotopic (exact) mass is 392 g/mol. The third-order valence-corrected chi connectivity index (χ3v) is 7.67. The van der Waals surface area contributed by atoms with E-state index in [0.717, 1.165) is 37.0 Å². The molecule has 0 unspecified atom stereocenters. The van der Waals surface area contributed by atoms with Crippen LogP contribution in [0.4, 0.5) is 0 Å². The molecule has 3 heterocycles. The Morgan fingerprint density at radius 1 is 1.30 bits per heavy atom. The van der Waals surface area contributed by atoms with E-state index in [-0.39, 0.29) is 23.0 Å². The number of thiophene rings is 1. The minimum Gasteiger partial charge on any atom is -0.382 e. The van der Waals surface area contributed by atoms with Crippen LogP contribution in [0.2, 0.25) is 0 Å². The zero-order valence-electron chi connectivity index (χ0n) is 16.4. The number of hydrogen-bond acceptors (Lipinski definition) is 5. The van der Waals surface area contributed by atoms with Gasteiger partial charge in [0.25, 0.3) is 5.91 Å². The van der Waals surface area contributed by atoms with Gasteiger partial charge in [0, 0.05) is 45.5 Å². The summed E-state index contributed by atoms with van der Waals surface area (Å²) < 4.78 is 11.6. The lowest BCUT2D eigenvalue weighted by Gasteiger charge is -2.43. The first-order valence-electron chi connectivity index (χ1n) is 9.71. The molecule has 148 valence electrons. The maximum Gasteiger partial charge on any atom is 0.264 e. The number of nitrogens with zero attached hydrogens (tertiary/aromatic N) is 2. The lowest BCUT2D eigenvalue weighted by atomic mass is 9.82. The number of likely N-dealkylation sites (tertiary alicyclic amines) is 1. The van der Waals surface area contributed by atoms with Gasteiger partial charge in [0.05, 0.1) is 29.2 Å². The molecular formula is C20H28N2O4S. The second-order valence-corrected chi connectivity index (χ2v) is 9.20. The van der Waals surface area contributed by atoms with Crippen LogP contribution in [-0.4, -0.2) is 67.6 Å². The van der Waals surface area contributed by atoms with Crippen LogP contribution >= 0.6 is 11.3 Å². The maximum atomic E-state index is 13.1. The number of amides is 2. The highest BCUT2D eigenvalue weighted by Gasteiger charge is 2.49. The van der Waals surface area contributed by atoms with E-state index in [0.29, 0.717) is 26.3 Å². The maximum absolute atomic E-state index is 13.1. The summed E-state index contributed by atoms with van der Waals surface area (Å²) in [6.45, 7) is 4.32. The topological polar surface area (TPSA) is 59.1 Å². The van der Waals surface area contributed by atoms with Crippen LogP contribution in [0.1, 0.15) is 52.7 Å². The molecule has 1 aromatic heterocycles. The number of methoxy groups -OCH3 is 1. The summed E-state index contributed by atoms with van der Waals surface area (Å²) in [7, 11) is 3.58. The number of rotatable bonds is 4. The Morgan fingerprint density at radius 3 is 2.59 bits per heavy atom. The molecule has 0 bridgehead atoms. The Morgan fingerprint density at radius 2 is 2.00 bits per heavy atom. The molecule has 0 atom stereocenters. The molecule has 4 rings (SSSR count). The van der Waals surface area contributed by atoms with E-state index in [1.165, 1.54) is 10.4 Å². The molecule has 2 amide bonds. The Hall–Kier alpha value is -1.44. The van der Waals surface area contributed by atoms with E-state index >= 15 is 0 Å². The summed E-state index contributed by atoms with van der Waals surface area (Å²) in [6.07, 6.45) is 4.46. The van der Waals surface area contributed by atoms with Gasteiger partial charge in [-0.2, -0.15) is 0 Å². The summed E-state index contributed by atoms with van der Waals surface area (Å²) >= 11 is 1.62. The van der Waals surface area contributed by atoms with E-state index in [2.05, 4.69) is 6.07 Å². The van der Waals surface area contributed by atoms with Crippen molar-refractivity contribution in [2.24, 2.45) is 0 Å². The Balaban J connectivity index is 1.56. The van der Waals surface area contributed by atoms with Crippen LogP contribution in [0.15, 0.2) is 6.07 Å². The van der Waals surface area contributed by atoms with Gasteiger partial charge in [-0.15, -0.1) is 11.3 Å². The zero-order chi connectivity index (χ0) is 19.2. The first-order chi connectivity index (χ1) is 12.9. The van der Waals surface area contributed by atoms with Crippen molar-refractivity contribution in [3.8, 4) is 0 Å². The van der Waals surface area contributed by atoms with Gasteiger partial charge in [-0.05, 0) is 37.3 Å². The third kappa shape index (κ3) is 3.19. The zero-order valence-corrected chi connectivity index (χ0v) is 17.2. The van der Waals surface area contributed by atoms with Crippen molar-refractivity contribution in [1.82, 2.24) is 9.80 Å². The normalized spacial score (nSPS) is 22.4. The van der Waals surface area contributed by atoms with Crippen molar-refractivity contribution >= 4 is 23.2 Å². The molecular weight excluding hydrogens is 364 g/mol. The van der Waals surface area contributed by atoms with Gasteiger partial charge in [-0.1, -0.05) is 0 Å². The summed E-state index contributed by atoms with van der Waals surface area (Å²) in [5.74, 6) is 0.205. The van der Waals surface area contributed by atoms with E-state index in [1.807, 2.05) is 16.8 Å². The lowest BCUT2D eigenvalue weighted by Crippen LogP contribution is -2.47. The predicted octanol–water partition coefficient (Wildman–Crippen LogP) is 2.41. The molecule has 1 aliphatic carbocycles. The van der Waals surface area contributed by atoms with E-state index in [9.17, 15) is 9.59 Å². The number of piperidine rings is 1. The third-order valence-electron chi connectivity index (χ3n) is 6.49. The van der Waals surface area contributed by atoms with Crippen molar-refractivity contribution in [3.05, 3.63) is 21.4 Å². The largest absolute Gasteiger partial charge is 0.382 e. The van der Waals surface area contributed by atoms with E-state index in [1.54, 1.807) is 25.4 Å². The van der Waals surface area contributed by atoms with Crippen LogP contribution < -0.4 is 0 Å². The highest BCUT2D eigenvalue weighted by atomic mass is 32.1. The van der Waals surface area contributed by atoms with Crippen molar-refractivity contribution < 1.29 is 19.1 Å². The molecule has 1 saturated heterocycles. The standard InChI is InChI=1S/C20H28N2O4S/c1-14(23)22-9-7-20(8-10-22)15-12-17(27-16(15)4-11-26-20)18(24)21(2)19(5-6-19)13-25-3/h12H,4-11,13H2,1-3H3. The molecule has 27 heavy (non-hydrogen) atoms. The number of hydrogen-bond donors (Lipinski definition) is 0. The molecule has 0 aromatic carbocycles. The molecule has 6 nitrogen and oxygen atoms in total. The fourth-order valence-corrected chi connectivity index (χ4v) is 5.70. The fourth-order valence-electron chi connectivity index (χ4n) is 4.49. The Bertz CT molecular complexity index is 747.